The molecule has 0 bridgehead atoms. The minimum atomic E-state index is -0.505. The highest BCUT2D eigenvalue weighted by atomic mass is 35.5. The minimum Gasteiger partial charge on any atom is -0.490 e. The Labute approximate surface area is 146 Å². The van der Waals surface area contributed by atoms with E-state index in [9.17, 15) is 4.79 Å². The molecule has 0 aliphatic heterocycles. The Balaban J connectivity index is 2.09. The molecule has 0 radical (unpaired) electrons. The second-order valence-electron chi connectivity index (χ2n) is 4.76. The van der Waals surface area contributed by atoms with E-state index in [2.05, 4.69) is 0 Å². The van der Waals surface area contributed by atoms with Gasteiger partial charge in [0.25, 0.3) is 0 Å². The monoisotopic (exact) mass is 346 g/mol. The van der Waals surface area contributed by atoms with Crippen LogP contribution in [0.25, 0.3) is 6.08 Å². The molecule has 0 saturated heterocycles. The SMILES string of the molecule is CCOc1ccc(/C=C/C(=O)Oc2ccccc2Cl)cc1OCC. The predicted molar refractivity (Wildman–Crippen MR) is 94.9 cm³/mol. The largest absolute Gasteiger partial charge is 0.490 e. The molecule has 0 aliphatic carbocycles. The second kappa shape index (κ2) is 8.99. The number of halogens is 1. The fourth-order valence-electron chi connectivity index (χ4n) is 2.01. The van der Waals surface area contributed by atoms with E-state index in [4.69, 9.17) is 25.8 Å². The summed E-state index contributed by atoms with van der Waals surface area (Å²) in [6.45, 7) is 4.90. The van der Waals surface area contributed by atoms with Gasteiger partial charge in [-0.05, 0) is 49.8 Å². The zero-order valence-electron chi connectivity index (χ0n) is 13.6. The van der Waals surface area contributed by atoms with Crippen LogP contribution < -0.4 is 14.2 Å². The average Bonchev–Trinajstić information content (AvgIpc) is 2.57. The molecule has 2 aromatic rings. The molecule has 0 fully saturated rings. The summed E-state index contributed by atoms with van der Waals surface area (Å²) in [7, 11) is 0. The van der Waals surface area contributed by atoms with Crippen molar-refractivity contribution in [2.45, 2.75) is 13.8 Å². The second-order valence-corrected chi connectivity index (χ2v) is 5.16. The van der Waals surface area contributed by atoms with Crippen molar-refractivity contribution in [3.05, 3.63) is 59.1 Å². The quantitative estimate of drug-likeness (QED) is 0.412. The maximum atomic E-state index is 11.9. The molecule has 2 rings (SSSR count). The van der Waals surface area contributed by atoms with Gasteiger partial charge >= 0.3 is 5.97 Å². The lowest BCUT2D eigenvalue weighted by atomic mass is 10.2. The summed E-state index contributed by atoms with van der Waals surface area (Å²) in [6.07, 6.45) is 2.99. The lowest BCUT2D eigenvalue weighted by Crippen LogP contribution is -2.04. The van der Waals surface area contributed by atoms with Crippen LogP contribution in [0.1, 0.15) is 19.4 Å². The summed E-state index contributed by atoms with van der Waals surface area (Å²) in [5.41, 5.74) is 0.804. The first kappa shape index (κ1) is 17.9. The summed E-state index contributed by atoms with van der Waals surface area (Å²) in [6, 6.07) is 12.3. The van der Waals surface area contributed by atoms with Crippen LogP contribution in [0.3, 0.4) is 0 Å². The van der Waals surface area contributed by atoms with E-state index in [-0.39, 0.29) is 0 Å². The van der Waals surface area contributed by atoms with E-state index >= 15 is 0 Å². The summed E-state index contributed by atoms with van der Waals surface area (Å²) in [5, 5.41) is 0.388. The van der Waals surface area contributed by atoms with Crippen molar-refractivity contribution in [3.63, 3.8) is 0 Å². The molecule has 2 aromatic carbocycles. The maximum absolute atomic E-state index is 11.9. The normalized spacial score (nSPS) is 10.6. The number of benzene rings is 2. The van der Waals surface area contributed by atoms with Crippen molar-refractivity contribution in [3.8, 4) is 17.2 Å². The highest BCUT2D eigenvalue weighted by Crippen LogP contribution is 2.29. The van der Waals surface area contributed by atoms with Crippen molar-refractivity contribution in [2.24, 2.45) is 0 Å². The molecule has 0 spiro atoms. The van der Waals surface area contributed by atoms with Crippen LogP contribution in [-0.2, 0) is 4.79 Å². The minimum absolute atomic E-state index is 0.329. The van der Waals surface area contributed by atoms with E-state index < -0.39 is 5.97 Å². The van der Waals surface area contributed by atoms with Gasteiger partial charge in [-0.2, -0.15) is 0 Å². The van der Waals surface area contributed by atoms with E-state index in [0.717, 1.165) is 5.56 Å². The molecule has 126 valence electrons. The molecule has 0 heterocycles. The molecule has 0 saturated carbocycles. The van der Waals surface area contributed by atoms with E-state index in [1.807, 2.05) is 32.0 Å². The van der Waals surface area contributed by atoms with E-state index in [0.29, 0.717) is 35.5 Å². The maximum Gasteiger partial charge on any atom is 0.336 e. The van der Waals surface area contributed by atoms with Gasteiger partial charge in [0.2, 0.25) is 0 Å². The van der Waals surface area contributed by atoms with Crippen molar-refractivity contribution >= 4 is 23.6 Å². The lowest BCUT2D eigenvalue weighted by molar-refractivity contribution is -0.128. The van der Waals surface area contributed by atoms with Crippen LogP contribution in [0.5, 0.6) is 17.2 Å². The highest BCUT2D eigenvalue weighted by Gasteiger charge is 2.07. The van der Waals surface area contributed by atoms with E-state index in [1.165, 1.54) is 6.08 Å². The van der Waals surface area contributed by atoms with Crippen LogP contribution in [0.2, 0.25) is 5.02 Å². The highest BCUT2D eigenvalue weighted by molar-refractivity contribution is 6.32. The molecule has 5 heteroatoms. The van der Waals surface area contributed by atoms with E-state index in [1.54, 1.807) is 30.3 Å². The molecular formula is C19H19ClO4. The lowest BCUT2D eigenvalue weighted by Gasteiger charge is -2.11. The van der Waals surface area contributed by atoms with Crippen molar-refractivity contribution < 1.29 is 19.0 Å². The smallest absolute Gasteiger partial charge is 0.336 e. The molecular weight excluding hydrogens is 328 g/mol. The average molecular weight is 347 g/mol. The van der Waals surface area contributed by atoms with Gasteiger partial charge in [0, 0.05) is 6.08 Å². The van der Waals surface area contributed by atoms with Crippen LogP contribution in [0, 0.1) is 0 Å². The summed E-state index contributed by atoms with van der Waals surface area (Å²) >= 11 is 5.96. The topological polar surface area (TPSA) is 44.8 Å². The van der Waals surface area contributed by atoms with Crippen molar-refractivity contribution in [1.82, 2.24) is 0 Å². The number of carbonyl (C=O) groups is 1. The van der Waals surface area contributed by atoms with Crippen LogP contribution in [0.4, 0.5) is 0 Å². The Hall–Kier alpha value is -2.46. The zero-order valence-corrected chi connectivity index (χ0v) is 14.4. The first-order valence-electron chi connectivity index (χ1n) is 7.68. The third-order valence-electron chi connectivity index (χ3n) is 3.03. The standard InChI is InChI=1S/C19H19ClO4/c1-3-22-17-11-9-14(13-18(17)23-4-2)10-12-19(21)24-16-8-6-5-7-15(16)20/h5-13H,3-4H2,1-2H3/b12-10+. The number of hydrogen-bond donors (Lipinski definition) is 0. The van der Waals surface area contributed by atoms with Gasteiger partial charge in [-0.1, -0.05) is 29.8 Å². The first-order valence-corrected chi connectivity index (χ1v) is 8.06. The van der Waals surface area contributed by atoms with Gasteiger partial charge in [-0.3, -0.25) is 0 Å². The van der Waals surface area contributed by atoms with Crippen LogP contribution in [-0.4, -0.2) is 19.2 Å². The van der Waals surface area contributed by atoms with Gasteiger partial charge in [0.05, 0.1) is 18.2 Å². The molecule has 0 atom stereocenters. The Morgan fingerprint density at radius 3 is 2.42 bits per heavy atom. The Morgan fingerprint density at radius 2 is 1.71 bits per heavy atom. The summed E-state index contributed by atoms with van der Waals surface area (Å²) < 4.78 is 16.3. The third-order valence-corrected chi connectivity index (χ3v) is 3.34. The molecule has 24 heavy (non-hydrogen) atoms. The Bertz CT molecular complexity index is 725. The number of ether oxygens (including phenoxy) is 3. The summed E-state index contributed by atoms with van der Waals surface area (Å²) in [4.78, 5) is 11.9. The molecule has 0 aliphatic rings. The fourth-order valence-corrected chi connectivity index (χ4v) is 2.18. The molecule has 4 nitrogen and oxygen atoms in total. The van der Waals surface area contributed by atoms with Crippen LogP contribution in [0.15, 0.2) is 48.5 Å². The van der Waals surface area contributed by atoms with Crippen molar-refractivity contribution in [1.29, 1.82) is 0 Å². The number of esters is 1. The van der Waals surface area contributed by atoms with Gasteiger partial charge < -0.3 is 14.2 Å². The number of carbonyl (C=O) groups excluding carboxylic acids is 1. The van der Waals surface area contributed by atoms with Crippen molar-refractivity contribution in [2.75, 3.05) is 13.2 Å². The van der Waals surface area contributed by atoms with Gasteiger partial charge in [0.1, 0.15) is 5.75 Å². The van der Waals surface area contributed by atoms with Gasteiger partial charge in [0.15, 0.2) is 11.5 Å². The number of para-hydroxylation sites is 1. The molecule has 0 amide bonds. The molecule has 0 N–H and O–H groups in total. The third kappa shape index (κ3) is 5.03. The summed E-state index contributed by atoms with van der Waals surface area (Å²) in [5.74, 6) is 1.14. The van der Waals surface area contributed by atoms with Gasteiger partial charge in [-0.25, -0.2) is 4.79 Å². The number of rotatable bonds is 7. The molecule has 0 aromatic heterocycles. The zero-order chi connectivity index (χ0) is 17.4. The molecule has 0 unspecified atom stereocenters. The van der Waals surface area contributed by atoms with Gasteiger partial charge in [-0.15, -0.1) is 0 Å². The predicted octanol–water partition coefficient (Wildman–Crippen LogP) is 4.76. The first-order chi connectivity index (χ1) is 11.6. The Morgan fingerprint density at radius 1 is 1.00 bits per heavy atom. The van der Waals surface area contributed by atoms with Crippen LogP contribution >= 0.6 is 11.6 Å². The fraction of sp³-hybridized carbons (Fsp3) is 0.211. The number of hydrogen-bond acceptors (Lipinski definition) is 4. The Kier molecular flexibility index (Phi) is 6.70.